The molecule has 0 heterocycles. The highest BCUT2D eigenvalue weighted by molar-refractivity contribution is 6.74. The predicted molar refractivity (Wildman–Crippen MR) is 92.3 cm³/mol. The highest BCUT2D eigenvalue weighted by Crippen LogP contribution is 2.37. The molecule has 0 radical (unpaired) electrons. The van der Waals surface area contributed by atoms with Crippen molar-refractivity contribution in [2.24, 2.45) is 0 Å². The molecule has 21 heavy (non-hydrogen) atoms. The van der Waals surface area contributed by atoms with Crippen molar-refractivity contribution in [1.29, 1.82) is 0 Å². The highest BCUT2D eigenvalue weighted by atomic mass is 35.5. The van der Waals surface area contributed by atoms with Crippen LogP contribution in [0.4, 0.5) is 5.69 Å². The van der Waals surface area contributed by atoms with Gasteiger partial charge >= 0.3 is 0 Å². The normalized spacial score (nSPS) is 12.1. The van der Waals surface area contributed by atoms with Crippen molar-refractivity contribution in [1.82, 2.24) is 0 Å². The first-order valence-electron chi connectivity index (χ1n) is 6.92. The Morgan fingerprint density at radius 3 is 2.52 bits per heavy atom. The van der Waals surface area contributed by atoms with Crippen LogP contribution in [0.25, 0.3) is 0 Å². The molecule has 1 aromatic carbocycles. The van der Waals surface area contributed by atoms with Gasteiger partial charge in [-0.15, -0.1) is 0 Å². The van der Waals surface area contributed by atoms with Gasteiger partial charge in [-0.2, -0.15) is 0 Å². The van der Waals surface area contributed by atoms with Crippen LogP contribution in [0.1, 0.15) is 26.3 Å². The average molecular weight is 326 g/mol. The van der Waals surface area contributed by atoms with Crippen LogP contribution >= 0.6 is 11.6 Å². The molecule has 1 amide bonds. The lowest BCUT2D eigenvalue weighted by atomic mass is 10.2. The van der Waals surface area contributed by atoms with E-state index < -0.39 is 8.32 Å². The Kier molecular flexibility index (Phi) is 5.79. The van der Waals surface area contributed by atoms with Crippen molar-refractivity contribution in [3.05, 3.63) is 41.4 Å². The lowest BCUT2D eigenvalue weighted by Gasteiger charge is -2.36. The second-order valence-corrected chi connectivity index (χ2v) is 11.8. The number of carbonyl (C=O) groups is 1. The van der Waals surface area contributed by atoms with Gasteiger partial charge in [0.05, 0.1) is 17.3 Å². The van der Waals surface area contributed by atoms with Crippen LogP contribution in [0.5, 0.6) is 0 Å². The third-order valence-corrected chi connectivity index (χ3v) is 8.67. The summed E-state index contributed by atoms with van der Waals surface area (Å²) < 4.78 is 6.15. The molecular weight excluding hydrogens is 302 g/mol. The quantitative estimate of drug-likeness (QED) is 0.612. The zero-order valence-corrected chi connectivity index (χ0v) is 15.2. The molecule has 1 rings (SSSR count). The summed E-state index contributed by atoms with van der Waals surface area (Å²) in [4.78, 5) is 11.3. The summed E-state index contributed by atoms with van der Waals surface area (Å²) in [6, 6.07) is 5.53. The van der Waals surface area contributed by atoms with Crippen molar-refractivity contribution < 1.29 is 9.22 Å². The van der Waals surface area contributed by atoms with E-state index in [2.05, 4.69) is 45.8 Å². The number of amides is 1. The van der Waals surface area contributed by atoms with E-state index in [4.69, 9.17) is 16.0 Å². The second-order valence-electron chi connectivity index (χ2n) is 6.56. The molecule has 0 fully saturated rings. The minimum absolute atomic E-state index is 0.175. The number of nitrogens with one attached hydrogen (secondary N) is 1. The smallest absolute Gasteiger partial charge is 0.247 e. The van der Waals surface area contributed by atoms with Crippen LogP contribution in [-0.4, -0.2) is 14.2 Å². The van der Waals surface area contributed by atoms with Gasteiger partial charge in [0, 0.05) is 0 Å². The molecule has 0 saturated carbocycles. The van der Waals surface area contributed by atoms with Gasteiger partial charge < -0.3 is 9.74 Å². The van der Waals surface area contributed by atoms with Gasteiger partial charge in [-0.25, -0.2) is 0 Å². The van der Waals surface area contributed by atoms with E-state index >= 15 is 0 Å². The van der Waals surface area contributed by atoms with Crippen LogP contribution in [0.3, 0.4) is 0 Å². The predicted octanol–water partition coefficient (Wildman–Crippen LogP) is 4.99. The maximum absolute atomic E-state index is 11.3. The third kappa shape index (κ3) is 4.99. The van der Waals surface area contributed by atoms with Crippen LogP contribution in [0, 0.1) is 0 Å². The van der Waals surface area contributed by atoms with Gasteiger partial charge in [0.1, 0.15) is 0 Å². The molecule has 5 heteroatoms. The van der Waals surface area contributed by atoms with Gasteiger partial charge in [0.25, 0.3) is 0 Å². The monoisotopic (exact) mass is 325 g/mol. The number of anilines is 1. The summed E-state index contributed by atoms with van der Waals surface area (Å²) in [5, 5.41) is 3.34. The van der Waals surface area contributed by atoms with E-state index in [0.717, 1.165) is 5.56 Å². The van der Waals surface area contributed by atoms with Crippen molar-refractivity contribution in [3.63, 3.8) is 0 Å². The maximum atomic E-state index is 11.3. The van der Waals surface area contributed by atoms with Gasteiger partial charge in [-0.05, 0) is 41.9 Å². The van der Waals surface area contributed by atoms with Crippen molar-refractivity contribution in [2.45, 2.75) is 45.5 Å². The molecule has 0 aromatic heterocycles. The Balaban J connectivity index is 2.77. The summed E-state index contributed by atoms with van der Waals surface area (Å²) in [7, 11) is -1.78. The van der Waals surface area contributed by atoms with Gasteiger partial charge in [0.2, 0.25) is 5.91 Å². The number of benzene rings is 1. The zero-order valence-electron chi connectivity index (χ0n) is 13.4. The Hall–Kier alpha value is -1.10. The first kappa shape index (κ1) is 17.9. The molecule has 0 unspecified atom stereocenters. The Morgan fingerprint density at radius 2 is 2.05 bits per heavy atom. The maximum Gasteiger partial charge on any atom is 0.247 e. The Labute approximate surface area is 133 Å². The van der Waals surface area contributed by atoms with Crippen molar-refractivity contribution >= 4 is 31.5 Å². The fourth-order valence-corrected chi connectivity index (χ4v) is 2.62. The van der Waals surface area contributed by atoms with Crippen LogP contribution in [-0.2, 0) is 15.8 Å². The van der Waals surface area contributed by atoms with E-state index in [0.29, 0.717) is 17.3 Å². The fraction of sp³-hybridized carbons (Fsp3) is 0.438. The van der Waals surface area contributed by atoms with Gasteiger partial charge in [-0.1, -0.05) is 45.0 Å². The van der Waals surface area contributed by atoms with Gasteiger partial charge in [0.15, 0.2) is 8.32 Å². The fourth-order valence-electron chi connectivity index (χ4n) is 1.41. The molecule has 0 bridgehead atoms. The molecule has 0 atom stereocenters. The third-order valence-electron chi connectivity index (χ3n) is 3.88. The number of hydrogen-bond donors (Lipinski definition) is 1. The number of carbonyl (C=O) groups excluding carboxylic acids is 1. The van der Waals surface area contributed by atoms with E-state index in [1.807, 2.05) is 12.1 Å². The summed E-state index contributed by atoms with van der Waals surface area (Å²) >= 11 is 6.18. The molecule has 1 N–H and O–H groups in total. The number of hydrogen-bond acceptors (Lipinski definition) is 2. The van der Waals surface area contributed by atoms with Crippen molar-refractivity contribution in [3.8, 4) is 0 Å². The molecule has 0 saturated heterocycles. The average Bonchev–Trinajstić information content (AvgIpc) is 2.37. The largest absolute Gasteiger partial charge is 0.413 e. The highest BCUT2D eigenvalue weighted by Gasteiger charge is 2.37. The van der Waals surface area contributed by atoms with Crippen molar-refractivity contribution in [2.75, 3.05) is 5.32 Å². The summed E-state index contributed by atoms with van der Waals surface area (Å²) in [6.45, 7) is 15.0. The molecular formula is C16H24ClNO2Si. The number of halogens is 1. The van der Waals surface area contributed by atoms with Crippen LogP contribution in [0.2, 0.25) is 23.2 Å². The number of rotatable bonds is 5. The second kappa shape index (κ2) is 6.77. The first-order chi connectivity index (χ1) is 9.56. The molecule has 116 valence electrons. The minimum Gasteiger partial charge on any atom is -0.413 e. The van der Waals surface area contributed by atoms with E-state index in [-0.39, 0.29) is 10.9 Å². The lowest BCUT2D eigenvalue weighted by molar-refractivity contribution is -0.111. The summed E-state index contributed by atoms with van der Waals surface area (Å²) in [5.41, 5.74) is 1.58. The van der Waals surface area contributed by atoms with Crippen LogP contribution < -0.4 is 5.32 Å². The Morgan fingerprint density at radius 1 is 1.43 bits per heavy atom. The van der Waals surface area contributed by atoms with Crippen LogP contribution in [0.15, 0.2) is 30.9 Å². The summed E-state index contributed by atoms with van der Waals surface area (Å²) in [5.74, 6) is -0.276. The van der Waals surface area contributed by atoms with Gasteiger partial charge in [-0.3, -0.25) is 4.79 Å². The van der Waals surface area contributed by atoms with E-state index in [1.165, 1.54) is 6.08 Å². The summed E-state index contributed by atoms with van der Waals surface area (Å²) in [6.07, 6.45) is 1.21. The SMILES string of the molecule is C=CC(=O)Nc1ccc(CO[Si](C)(C)C(C)(C)C)cc1Cl. The Bertz CT molecular complexity index is 536. The van der Waals surface area contributed by atoms with E-state index in [1.54, 1.807) is 6.07 Å². The molecule has 3 nitrogen and oxygen atoms in total. The molecule has 0 aliphatic carbocycles. The van der Waals surface area contributed by atoms with E-state index in [9.17, 15) is 4.79 Å². The first-order valence-corrected chi connectivity index (χ1v) is 10.2. The standard InChI is InChI=1S/C16H24ClNO2Si/c1-7-15(19)18-14-9-8-12(10-13(14)17)11-20-21(5,6)16(2,3)4/h7-10H,1,11H2,2-6H3,(H,18,19). The molecule has 1 aromatic rings. The molecule has 0 spiro atoms. The zero-order chi connectivity index (χ0) is 16.3. The topological polar surface area (TPSA) is 38.3 Å². The molecule has 0 aliphatic heterocycles. The minimum atomic E-state index is -1.78. The lowest BCUT2D eigenvalue weighted by Crippen LogP contribution is -2.40. The molecule has 0 aliphatic rings.